The van der Waals surface area contributed by atoms with Crippen molar-refractivity contribution in [1.82, 2.24) is 0 Å². The van der Waals surface area contributed by atoms with Gasteiger partial charge >= 0.3 is 0 Å². The Kier molecular flexibility index (Phi) is 12.0. The first kappa shape index (κ1) is 18.1. The maximum Gasteiger partial charge on any atom is 0.103 e. The Morgan fingerprint density at radius 2 is 1.62 bits per heavy atom. The highest BCUT2D eigenvalue weighted by molar-refractivity contribution is 4.97. The Balaban J connectivity index is 1.72. The summed E-state index contributed by atoms with van der Waals surface area (Å²) in [6.07, 6.45) is 24.4. The molecule has 1 radical (unpaired) electrons. The molecule has 1 aromatic heterocycles. The van der Waals surface area contributed by atoms with Gasteiger partial charge in [-0.15, -0.1) is 0 Å². The molecule has 1 heteroatoms. The average Bonchev–Trinajstić information content (AvgIpc) is 3.01. The van der Waals surface area contributed by atoms with Gasteiger partial charge in [0.15, 0.2) is 0 Å². The van der Waals surface area contributed by atoms with Crippen molar-refractivity contribution in [2.75, 3.05) is 0 Å². The van der Waals surface area contributed by atoms with Crippen LogP contribution in [0, 0.1) is 6.42 Å². The second kappa shape index (κ2) is 14.0. The minimum absolute atomic E-state index is 1.11. The summed E-state index contributed by atoms with van der Waals surface area (Å²) in [5.41, 5.74) is 0. The van der Waals surface area contributed by atoms with E-state index in [4.69, 9.17) is 4.42 Å². The topological polar surface area (TPSA) is 13.1 Å². The molecule has 0 saturated carbocycles. The summed E-state index contributed by atoms with van der Waals surface area (Å²) in [4.78, 5) is 0. The molecule has 0 aromatic carbocycles. The van der Waals surface area contributed by atoms with Crippen molar-refractivity contribution in [2.45, 2.75) is 84.0 Å². The van der Waals surface area contributed by atoms with Crippen LogP contribution in [0.1, 0.15) is 83.3 Å². The maximum absolute atomic E-state index is 5.34. The molecule has 0 aliphatic heterocycles. The minimum atomic E-state index is 1.11. The van der Waals surface area contributed by atoms with Crippen LogP contribution in [0.2, 0.25) is 0 Å². The number of furan rings is 1. The van der Waals surface area contributed by atoms with Crippen LogP contribution < -0.4 is 0 Å². The molecule has 0 unspecified atom stereocenters. The van der Waals surface area contributed by atoms with Gasteiger partial charge in [0.2, 0.25) is 0 Å². The third-order valence-corrected chi connectivity index (χ3v) is 3.87. The lowest BCUT2D eigenvalue weighted by atomic mass is 10.0. The van der Waals surface area contributed by atoms with Crippen LogP contribution in [0.3, 0.4) is 0 Å². The summed E-state index contributed by atoms with van der Waals surface area (Å²) in [5.74, 6) is 1.14. The lowest BCUT2D eigenvalue weighted by Gasteiger charge is -2.02. The Morgan fingerprint density at radius 3 is 2.29 bits per heavy atom. The minimum Gasteiger partial charge on any atom is -0.469 e. The smallest absolute Gasteiger partial charge is 0.103 e. The molecule has 1 rings (SSSR count). The third-order valence-electron chi connectivity index (χ3n) is 3.87. The zero-order valence-corrected chi connectivity index (χ0v) is 13.9. The van der Waals surface area contributed by atoms with E-state index in [0.29, 0.717) is 0 Å². The number of hydrogen-bond donors (Lipinski definition) is 0. The molecule has 0 atom stereocenters. The van der Waals surface area contributed by atoms with Crippen molar-refractivity contribution in [2.24, 2.45) is 0 Å². The molecule has 119 valence electrons. The Bertz CT molecular complexity index is 324. The first-order chi connectivity index (χ1) is 10.4. The van der Waals surface area contributed by atoms with Gasteiger partial charge in [-0.1, -0.05) is 64.0 Å². The molecule has 0 fully saturated rings. The number of rotatable bonds is 14. The Morgan fingerprint density at radius 1 is 0.905 bits per heavy atom. The van der Waals surface area contributed by atoms with E-state index >= 15 is 0 Å². The standard InChI is InChI=1S/C20H33O/c1-2-3-4-5-6-7-8-9-10-11-12-13-14-15-17-20-18-16-19-21-20/h3-4,6,16,18-19H,2,5,7-15,17H2,1H3. The molecule has 1 heterocycles. The molecule has 0 aliphatic carbocycles. The maximum atomic E-state index is 5.34. The summed E-state index contributed by atoms with van der Waals surface area (Å²) >= 11 is 0. The lowest BCUT2D eigenvalue weighted by Crippen LogP contribution is -1.85. The number of unbranched alkanes of at least 4 members (excludes halogenated alkanes) is 10. The molecule has 0 bridgehead atoms. The van der Waals surface area contributed by atoms with E-state index in [2.05, 4.69) is 31.6 Å². The van der Waals surface area contributed by atoms with E-state index in [1.54, 1.807) is 6.26 Å². The van der Waals surface area contributed by atoms with E-state index in [9.17, 15) is 0 Å². The normalized spacial score (nSPS) is 11.5. The third kappa shape index (κ3) is 11.4. The van der Waals surface area contributed by atoms with E-state index in [-0.39, 0.29) is 0 Å². The van der Waals surface area contributed by atoms with Gasteiger partial charge in [-0.05, 0) is 44.2 Å². The first-order valence-electron chi connectivity index (χ1n) is 8.92. The molecule has 0 saturated heterocycles. The number of hydrogen-bond acceptors (Lipinski definition) is 1. The molecule has 0 N–H and O–H groups in total. The molecule has 1 aromatic rings. The SMILES string of the molecule is CCC=CC[CH]CCCCCCCCCCc1ccco1. The zero-order chi connectivity index (χ0) is 15.0. The van der Waals surface area contributed by atoms with Crippen molar-refractivity contribution < 1.29 is 4.42 Å². The van der Waals surface area contributed by atoms with E-state index < -0.39 is 0 Å². The number of aryl methyl sites for hydroxylation is 1. The molecule has 1 nitrogen and oxygen atoms in total. The highest BCUT2D eigenvalue weighted by atomic mass is 16.3. The highest BCUT2D eigenvalue weighted by Crippen LogP contribution is 2.13. The number of allylic oxidation sites excluding steroid dienone is 2. The van der Waals surface area contributed by atoms with E-state index in [1.165, 1.54) is 57.8 Å². The van der Waals surface area contributed by atoms with Gasteiger partial charge in [0.25, 0.3) is 0 Å². The van der Waals surface area contributed by atoms with Gasteiger partial charge < -0.3 is 4.42 Å². The van der Waals surface area contributed by atoms with Crippen molar-refractivity contribution >= 4 is 0 Å². The van der Waals surface area contributed by atoms with Crippen molar-refractivity contribution in [1.29, 1.82) is 0 Å². The van der Waals surface area contributed by atoms with E-state index in [0.717, 1.165) is 25.0 Å². The highest BCUT2D eigenvalue weighted by Gasteiger charge is 1.96. The van der Waals surface area contributed by atoms with Crippen LogP contribution in [0.15, 0.2) is 35.0 Å². The quantitative estimate of drug-likeness (QED) is 0.268. The average molecular weight is 289 g/mol. The first-order valence-corrected chi connectivity index (χ1v) is 8.92. The van der Waals surface area contributed by atoms with Gasteiger partial charge in [0.05, 0.1) is 6.26 Å². The summed E-state index contributed by atoms with van der Waals surface area (Å²) in [6, 6.07) is 4.06. The molecular formula is C20H33O. The molecular weight excluding hydrogens is 256 g/mol. The van der Waals surface area contributed by atoms with Crippen molar-refractivity contribution in [3.63, 3.8) is 0 Å². The largest absolute Gasteiger partial charge is 0.469 e. The van der Waals surface area contributed by atoms with Gasteiger partial charge in [0, 0.05) is 6.42 Å². The van der Waals surface area contributed by atoms with Crippen LogP contribution in [-0.2, 0) is 6.42 Å². The Labute approximate surface area is 131 Å². The summed E-state index contributed by atoms with van der Waals surface area (Å²) < 4.78 is 5.34. The fourth-order valence-corrected chi connectivity index (χ4v) is 2.58. The van der Waals surface area contributed by atoms with E-state index in [1.807, 2.05) is 6.07 Å². The van der Waals surface area contributed by atoms with Crippen molar-refractivity contribution in [3.05, 3.63) is 42.7 Å². The monoisotopic (exact) mass is 289 g/mol. The second-order valence-electron chi connectivity index (χ2n) is 5.85. The fraction of sp³-hybridized carbons (Fsp3) is 0.650. The predicted octanol–water partition coefficient (Wildman–Crippen LogP) is 6.89. The van der Waals surface area contributed by atoms with Gasteiger partial charge in [0.1, 0.15) is 5.76 Å². The summed E-state index contributed by atoms with van der Waals surface area (Å²) in [7, 11) is 0. The summed E-state index contributed by atoms with van der Waals surface area (Å²) in [5, 5.41) is 0. The second-order valence-corrected chi connectivity index (χ2v) is 5.85. The fourth-order valence-electron chi connectivity index (χ4n) is 2.58. The molecule has 0 spiro atoms. The zero-order valence-electron chi connectivity index (χ0n) is 13.9. The molecule has 21 heavy (non-hydrogen) atoms. The van der Waals surface area contributed by atoms with Gasteiger partial charge in [-0.2, -0.15) is 0 Å². The molecule has 0 amide bonds. The van der Waals surface area contributed by atoms with Crippen LogP contribution in [0.5, 0.6) is 0 Å². The van der Waals surface area contributed by atoms with Crippen LogP contribution in [0.25, 0.3) is 0 Å². The van der Waals surface area contributed by atoms with Gasteiger partial charge in [-0.3, -0.25) is 0 Å². The summed E-state index contributed by atoms with van der Waals surface area (Å²) in [6.45, 7) is 2.19. The van der Waals surface area contributed by atoms with Crippen LogP contribution >= 0.6 is 0 Å². The molecule has 0 aliphatic rings. The lowest BCUT2D eigenvalue weighted by molar-refractivity contribution is 0.490. The van der Waals surface area contributed by atoms with Crippen LogP contribution in [0.4, 0.5) is 0 Å². The predicted molar refractivity (Wildman–Crippen MR) is 92.3 cm³/mol. The Hall–Kier alpha value is -0.980. The van der Waals surface area contributed by atoms with Gasteiger partial charge in [-0.25, -0.2) is 0 Å². The van der Waals surface area contributed by atoms with Crippen LogP contribution in [-0.4, -0.2) is 0 Å². The van der Waals surface area contributed by atoms with Crippen molar-refractivity contribution in [3.8, 4) is 0 Å².